The van der Waals surface area contributed by atoms with Gasteiger partial charge in [-0.25, -0.2) is 0 Å². The first-order valence-corrected chi connectivity index (χ1v) is 8.22. The van der Waals surface area contributed by atoms with Crippen molar-refractivity contribution in [1.82, 2.24) is 14.8 Å². The van der Waals surface area contributed by atoms with Crippen LogP contribution in [-0.2, 0) is 11.3 Å². The molecule has 0 aromatic carbocycles. The van der Waals surface area contributed by atoms with Crippen LogP contribution in [0.2, 0.25) is 0 Å². The molecule has 1 N–H and O–H groups in total. The summed E-state index contributed by atoms with van der Waals surface area (Å²) in [5.74, 6) is 0.0380. The van der Waals surface area contributed by atoms with Gasteiger partial charge in [-0.1, -0.05) is 0 Å². The summed E-state index contributed by atoms with van der Waals surface area (Å²) in [6.07, 6.45) is 5.03. The Labute approximate surface area is 144 Å². The summed E-state index contributed by atoms with van der Waals surface area (Å²) < 4.78 is 2.28. The molecule has 2 aliphatic heterocycles. The van der Waals surface area contributed by atoms with Crippen molar-refractivity contribution >= 4 is 34.2 Å². The van der Waals surface area contributed by atoms with Gasteiger partial charge in [0.05, 0.1) is 0 Å². The van der Waals surface area contributed by atoms with E-state index in [9.17, 15) is 9.59 Å². The quantitative estimate of drug-likeness (QED) is 0.835. The highest BCUT2D eigenvalue weighted by Gasteiger charge is 2.37. The molecule has 2 fully saturated rings. The van der Waals surface area contributed by atoms with Crippen LogP contribution < -0.4 is 10.9 Å². The number of nitrogens with zero attached hydrogens (tertiary/aromatic N) is 2. The van der Waals surface area contributed by atoms with E-state index in [-0.39, 0.29) is 30.4 Å². The van der Waals surface area contributed by atoms with Crippen LogP contribution in [0, 0.1) is 5.41 Å². The number of likely N-dealkylation sites (tertiary alicyclic amines) is 1. The number of halogens is 2. The molecule has 1 spiro atoms. The maximum Gasteiger partial charge on any atom is 0.251 e. The molecule has 7 heteroatoms. The minimum Gasteiger partial charge on any atom is -0.341 e. The number of amides is 1. The third-order valence-corrected chi connectivity index (χ3v) is 5.23. The van der Waals surface area contributed by atoms with E-state index in [1.165, 1.54) is 17.1 Å². The smallest absolute Gasteiger partial charge is 0.251 e. The first-order valence-electron chi connectivity index (χ1n) is 7.43. The van der Waals surface area contributed by atoms with E-state index in [1.807, 2.05) is 4.90 Å². The standard InChI is InChI=1S/C15H20BrN3O2.ClH/c16-12-1-2-13(20)19(9-12)10-14(21)18-7-4-15(5-8-18)3-6-17-11-15;/h1-2,9,17H,3-8,10-11H2;1H. The summed E-state index contributed by atoms with van der Waals surface area (Å²) >= 11 is 3.33. The average molecular weight is 391 g/mol. The van der Waals surface area contributed by atoms with E-state index >= 15 is 0 Å². The van der Waals surface area contributed by atoms with Crippen LogP contribution in [0.15, 0.2) is 27.6 Å². The van der Waals surface area contributed by atoms with E-state index < -0.39 is 0 Å². The molecule has 22 heavy (non-hydrogen) atoms. The minimum absolute atomic E-state index is 0. The molecule has 0 radical (unpaired) electrons. The second-order valence-electron chi connectivity index (χ2n) is 6.12. The third kappa shape index (κ3) is 3.73. The predicted octanol–water partition coefficient (Wildman–Crippen LogP) is 1.63. The highest BCUT2D eigenvalue weighted by atomic mass is 79.9. The minimum atomic E-state index is -0.139. The normalized spacial score (nSPS) is 20.0. The predicted molar refractivity (Wildman–Crippen MR) is 91.4 cm³/mol. The van der Waals surface area contributed by atoms with Crippen molar-refractivity contribution in [3.05, 3.63) is 33.2 Å². The van der Waals surface area contributed by atoms with Crippen LogP contribution in [0.4, 0.5) is 0 Å². The SMILES string of the molecule is Cl.O=C(Cn1cc(Br)ccc1=O)N1CCC2(CCNC2)CC1. The molecule has 3 rings (SSSR count). The number of carbonyl (C=O) groups excluding carboxylic acids is 1. The van der Waals surface area contributed by atoms with Gasteiger partial charge < -0.3 is 14.8 Å². The number of hydrogen-bond donors (Lipinski definition) is 1. The Hall–Kier alpha value is -0.850. The fraction of sp³-hybridized carbons (Fsp3) is 0.600. The van der Waals surface area contributed by atoms with Crippen molar-refractivity contribution in [2.45, 2.75) is 25.8 Å². The largest absolute Gasteiger partial charge is 0.341 e. The van der Waals surface area contributed by atoms with Crippen LogP contribution >= 0.6 is 28.3 Å². The van der Waals surface area contributed by atoms with Crippen molar-refractivity contribution in [3.63, 3.8) is 0 Å². The summed E-state index contributed by atoms with van der Waals surface area (Å²) in [7, 11) is 0. The van der Waals surface area contributed by atoms with Crippen LogP contribution in [0.3, 0.4) is 0 Å². The number of aromatic nitrogens is 1. The molecule has 0 saturated carbocycles. The summed E-state index contributed by atoms with van der Waals surface area (Å²) in [6, 6.07) is 3.17. The third-order valence-electron chi connectivity index (χ3n) is 4.76. The van der Waals surface area contributed by atoms with Crippen LogP contribution in [0.25, 0.3) is 0 Å². The molecule has 3 heterocycles. The fourth-order valence-corrected chi connectivity index (χ4v) is 3.70. The Morgan fingerprint density at radius 3 is 2.64 bits per heavy atom. The zero-order chi connectivity index (χ0) is 14.9. The van der Waals surface area contributed by atoms with Gasteiger partial charge in [-0.15, -0.1) is 12.4 Å². The lowest BCUT2D eigenvalue weighted by molar-refractivity contribution is -0.134. The summed E-state index contributed by atoms with van der Waals surface area (Å²) in [4.78, 5) is 26.0. The van der Waals surface area contributed by atoms with Gasteiger partial charge in [0, 0.05) is 36.4 Å². The number of hydrogen-bond acceptors (Lipinski definition) is 3. The van der Waals surface area contributed by atoms with E-state index in [4.69, 9.17) is 0 Å². The molecule has 2 aliphatic rings. The highest BCUT2D eigenvalue weighted by Crippen LogP contribution is 2.36. The van der Waals surface area contributed by atoms with Gasteiger partial charge in [-0.2, -0.15) is 0 Å². The van der Waals surface area contributed by atoms with Crippen LogP contribution in [0.1, 0.15) is 19.3 Å². The first-order chi connectivity index (χ1) is 10.1. The molecule has 1 aromatic rings. The molecule has 1 amide bonds. The lowest BCUT2D eigenvalue weighted by atomic mass is 9.78. The van der Waals surface area contributed by atoms with Crippen molar-refractivity contribution in [3.8, 4) is 0 Å². The summed E-state index contributed by atoms with van der Waals surface area (Å²) in [5, 5.41) is 3.43. The second-order valence-corrected chi connectivity index (χ2v) is 7.04. The zero-order valence-corrected chi connectivity index (χ0v) is 14.8. The van der Waals surface area contributed by atoms with E-state index in [0.717, 1.165) is 43.5 Å². The van der Waals surface area contributed by atoms with Crippen LogP contribution in [0.5, 0.6) is 0 Å². The van der Waals surface area contributed by atoms with E-state index in [1.54, 1.807) is 12.3 Å². The lowest BCUT2D eigenvalue weighted by Gasteiger charge is -2.39. The maximum atomic E-state index is 12.4. The van der Waals surface area contributed by atoms with Gasteiger partial charge in [-0.05, 0) is 53.2 Å². The number of piperidine rings is 1. The number of pyridine rings is 1. The van der Waals surface area contributed by atoms with E-state index in [0.29, 0.717) is 5.41 Å². The molecular formula is C15H21BrClN3O2. The van der Waals surface area contributed by atoms with Crippen LogP contribution in [-0.4, -0.2) is 41.6 Å². The van der Waals surface area contributed by atoms with E-state index in [2.05, 4.69) is 21.2 Å². The van der Waals surface area contributed by atoms with Gasteiger partial charge in [0.2, 0.25) is 5.91 Å². The van der Waals surface area contributed by atoms with Gasteiger partial charge in [0.15, 0.2) is 0 Å². The van der Waals surface area contributed by atoms with Gasteiger partial charge in [0.25, 0.3) is 5.56 Å². The zero-order valence-electron chi connectivity index (χ0n) is 12.4. The highest BCUT2D eigenvalue weighted by molar-refractivity contribution is 9.10. The molecule has 0 bridgehead atoms. The Morgan fingerprint density at radius 1 is 1.27 bits per heavy atom. The molecule has 2 saturated heterocycles. The Balaban J connectivity index is 0.00000176. The Morgan fingerprint density at radius 2 is 2.00 bits per heavy atom. The monoisotopic (exact) mass is 389 g/mol. The molecule has 5 nitrogen and oxygen atoms in total. The topological polar surface area (TPSA) is 54.3 Å². The molecular weight excluding hydrogens is 370 g/mol. The Kier molecular flexibility index (Phi) is 5.69. The fourth-order valence-electron chi connectivity index (χ4n) is 3.32. The lowest BCUT2D eigenvalue weighted by Crippen LogP contribution is -2.45. The van der Waals surface area contributed by atoms with Gasteiger partial charge in [0.1, 0.15) is 6.54 Å². The maximum absolute atomic E-state index is 12.4. The van der Waals surface area contributed by atoms with Crippen molar-refractivity contribution < 1.29 is 4.79 Å². The van der Waals surface area contributed by atoms with Crippen molar-refractivity contribution in [2.75, 3.05) is 26.2 Å². The first kappa shape index (κ1) is 17.5. The van der Waals surface area contributed by atoms with Gasteiger partial charge >= 0.3 is 0 Å². The second kappa shape index (κ2) is 7.15. The number of rotatable bonds is 2. The average Bonchev–Trinajstić information content (AvgIpc) is 2.92. The molecule has 122 valence electrons. The van der Waals surface area contributed by atoms with Gasteiger partial charge in [-0.3, -0.25) is 9.59 Å². The summed E-state index contributed by atoms with van der Waals surface area (Å²) in [5.41, 5.74) is 0.267. The van der Waals surface area contributed by atoms with Crippen molar-refractivity contribution in [2.24, 2.45) is 5.41 Å². The molecule has 0 atom stereocenters. The number of nitrogens with one attached hydrogen (secondary N) is 1. The van der Waals surface area contributed by atoms with Crippen molar-refractivity contribution in [1.29, 1.82) is 0 Å². The summed E-state index contributed by atoms with van der Waals surface area (Å²) in [6.45, 7) is 3.93. The Bertz CT molecular complexity index is 589. The number of carbonyl (C=O) groups is 1. The molecule has 0 aliphatic carbocycles. The molecule has 1 aromatic heterocycles. The molecule has 0 unspecified atom stereocenters.